The van der Waals surface area contributed by atoms with E-state index < -0.39 is 11.9 Å². The minimum Gasteiger partial charge on any atom is -0.379 e. The van der Waals surface area contributed by atoms with E-state index in [1.807, 2.05) is 0 Å². The Labute approximate surface area is 183 Å². The maximum atomic E-state index is 13.3. The van der Waals surface area contributed by atoms with E-state index in [1.165, 1.54) is 12.5 Å². The van der Waals surface area contributed by atoms with Crippen LogP contribution in [0.5, 0.6) is 0 Å². The van der Waals surface area contributed by atoms with Gasteiger partial charge in [0.05, 0.1) is 24.9 Å². The van der Waals surface area contributed by atoms with Gasteiger partial charge in [-0.2, -0.15) is 18.3 Å². The van der Waals surface area contributed by atoms with E-state index in [-0.39, 0.29) is 11.6 Å². The number of aromatic nitrogens is 4. The summed E-state index contributed by atoms with van der Waals surface area (Å²) in [5, 5.41) is 9.90. The summed E-state index contributed by atoms with van der Waals surface area (Å²) in [5.41, 5.74) is 0.266. The van der Waals surface area contributed by atoms with E-state index in [1.54, 1.807) is 18.2 Å². The number of alkyl halides is 3. The zero-order valence-corrected chi connectivity index (χ0v) is 17.5. The van der Waals surface area contributed by atoms with Gasteiger partial charge in [0.25, 0.3) is 0 Å². The van der Waals surface area contributed by atoms with Crippen LogP contribution in [-0.2, 0) is 10.9 Å². The lowest BCUT2D eigenvalue weighted by Crippen LogP contribution is -2.46. The smallest absolute Gasteiger partial charge is 0.379 e. The lowest BCUT2D eigenvalue weighted by molar-refractivity contribution is -0.140. The molecule has 2 aromatic heterocycles. The maximum Gasteiger partial charge on any atom is 0.433 e. The molecule has 1 saturated carbocycles. The van der Waals surface area contributed by atoms with Crippen molar-refractivity contribution in [3.63, 3.8) is 0 Å². The second kappa shape index (κ2) is 8.67. The first-order chi connectivity index (χ1) is 15.5. The Hall–Kier alpha value is -2.72. The molecule has 7 nitrogen and oxygen atoms in total. The molecule has 1 aromatic carbocycles. The minimum atomic E-state index is -4.51. The number of anilines is 1. The number of morpholine rings is 1. The molecule has 3 heterocycles. The van der Waals surface area contributed by atoms with E-state index in [2.05, 4.69) is 30.4 Å². The first kappa shape index (κ1) is 21.1. The Morgan fingerprint density at radius 2 is 1.84 bits per heavy atom. The molecule has 2 aliphatic rings. The minimum absolute atomic E-state index is 0.0141. The van der Waals surface area contributed by atoms with Crippen molar-refractivity contribution in [2.24, 2.45) is 0 Å². The second-order valence-electron chi connectivity index (χ2n) is 8.41. The normalized spacial score (nSPS) is 22.8. The molecular formula is C22H25F3N6O. The Kier molecular flexibility index (Phi) is 5.73. The highest BCUT2D eigenvalue weighted by molar-refractivity contribution is 5.92. The van der Waals surface area contributed by atoms with E-state index in [4.69, 9.17) is 4.74 Å². The maximum absolute atomic E-state index is 13.3. The van der Waals surface area contributed by atoms with Gasteiger partial charge in [0, 0.05) is 36.1 Å². The lowest BCUT2D eigenvalue weighted by atomic mass is 9.90. The van der Waals surface area contributed by atoms with Gasteiger partial charge >= 0.3 is 6.18 Å². The molecule has 10 heteroatoms. The first-order valence-electron chi connectivity index (χ1n) is 10.9. The van der Waals surface area contributed by atoms with Crippen LogP contribution in [0.2, 0.25) is 0 Å². The van der Waals surface area contributed by atoms with Crippen molar-refractivity contribution in [3.05, 3.63) is 36.4 Å². The van der Waals surface area contributed by atoms with Crippen LogP contribution in [0.4, 0.5) is 19.0 Å². The number of fused-ring (bicyclic) bond motifs is 1. The molecule has 1 aliphatic carbocycles. The zero-order valence-electron chi connectivity index (χ0n) is 17.5. The molecule has 1 saturated heterocycles. The zero-order chi connectivity index (χ0) is 22.1. The number of benzene rings is 1. The highest BCUT2D eigenvalue weighted by Gasteiger charge is 2.36. The number of rotatable bonds is 4. The number of H-pyrrole nitrogens is 1. The summed E-state index contributed by atoms with van der Waals surface area (Å²) in [5.74, 6) is 0.656. The van der Waals surface area contributed by atoms with Crippen molar-refractivity contribution in [2.45, 2.75) is 43.9 Å². The third-order valence-corrected chi connectivity index (χ3v) is 6.47. The monoisotopic (exact) mass is 446 g/mol. The van der Waals surface area contributed by atoms with Gasteiger partial charge in [-0.15, -0.1) is 0 Å². The van der Waals surface area contributed by atoms with Gasteiger partial charge in [-0.3, -0.25) is 10.00 Å². The number of hydrogen-bond donors (Lipinski definition) is 2. The van der Waals surface area contributed by atoms with Crippen LogP contribution < -0.4 is 5.32 Å². The van der Waals surface area contributed by atoms with Crippen LogP contribution >= 0.6 is 0 Å². The summed E-state index contributed by atoms with van der Waals surface area (Å²) in [7, 11) is 0. The Balaban J connectivity index is 1.35. The molecule has 32 heavy (non-hydrogen) atoms. The number of halogens is 3. The predicted octanol–water partition coefficient (Wildman–Crippen LogP) is 4.09. The SMILES string of the molecule is FC(F)(F)c1[nH]ncc1-c1ccc2ncnc(NC3CCC(N4CCOCC4)CC3)c2c1. The lowest BCUT2D eigenvalue weighted by Gasteiger charge is -2.39. The quantitative estimate of drug-likeness (QED) is 0.629. The van der Waals surface area contributed by atoms with E-state index in [9.17, 15) is 13.2 Å². The number of aromatic amines is 1. The molecule has 0 atom stereocenters. The van der Waals surface area contributed by atoms with Crippen LogP contribution in [0.3, 0.4) is 0 Å². The van der Waals surface area contributed by atoms with Crippen LogP contribution in [0.25, 0.3) is 22.0 Å². The molecule has 2 N–H and O–H groups in total. The van der Waals surface area contributed by atoms with Crippen LogP contribution in [-0.4, -0.2) is 63.5 Å². The standard InChI is InChI=1S/C22H25F3N6O/c23-22(24,25)20-18(12-28-30-20)14-1-6-19-17(11-14)21(27-13-26-19)29-15-2-4-16(5-3-15)31-7-9-32-10-8-31/h1,6,11-13,15-16H,2-5,7-10H2,(H,28,30)(H,26,27,29). The molecular weight excluding hydrogens is 421 g/mol. The largest absolute Gasteiger partial charge is 0.433 e. The highest BCUT2D eigenvalue weighted by atomic mass is 19.4. The molecule has 0 amide bonds. The molecule has 0 spiro atoms. The summed E-state index contributed by atoms with van der Waals surface area (Å²) in [4.78, 5) is 11.2. The van der Waals surface area contributed by atoms with E-state index in [0.29, 0.717) is 28.3 Å². The number of nitrogens with one attached hydrogen (secondary N) is 2. The van der Waals surface area contributed by atoms with E-state index >= 15 is 0 Å². The number of ether oxygens (including phenoxy) is 1. The fourth-order valence-electron chi connectivity index (χ4n) is 4.78. The van der Waals surface area contributed by atoms with Gasteiger partial charge in [-0.25, -0.2) is 9.97 Å². The van der Waals surface area contributed by atoms with Crippen molar-refractivity contribution in [3.8, 4) is 11.1 Å². The summed E-state index contributed by atoms with van der Waals surface area (Å²) in [6.45, 7) is 3.60. The fourth-order valence-corrected chi connectivity index (χ4v) is 4.78. The molecule has 170 valence electrons. The Morgan fingerprint density at radius 3 is 2.59 bits per heavy atom. The van der Waals surface area contributed by atoms with E-state index in [0.717, 1.165) is 52.0 Å². The molecule has 0 bridgehead atoms. The second-order valence-corrected chi connectivity index (χ2v) is 8.41. The van der Waals surface area contributed by atoms with Crippen molar-refractivity contribution >= 4 is 16.7 Å². The highest BCUT2D eigenvalue weighted by Crippen LogP contribution is 2.37. The van der Waals surface area contributed by atoms with Gasteiger partial charge in [0.2, 0.25) is 0 Å². The fraction of sp³-hybridized carbons (Fsp3) is 0.500. The average Bonchev–Trinajstić information content (AvgIpc) is 3.31. The van der Waals surface area contributed by atoms with Gasteiger partial charge in [0.1, 0.15) is 17.8 Å². The summed E-state index contributed by atoms with van der Waals surface area (Å²) in [6, 6.07) is 5.92. The first-order valence-corrected chi connectivity index (χ1v) is 10.9. The third kappa shape index (κ3) is 4.29. The third-order valence-electron chi connectivity index (χ3n) is 6.47. The number of nitrogens with zero attached hydrogens (tertiary/aromatic N) is 4. The summed E-state index contributed by atoms with van der Waals surface area (Å²) >= 11 is 0. The Morgan fingerprint density at radius 1 is 1.06 bits per heavy atom. The topological polar surface area (TPSA) is 79.0 Å². The summed E-state index contributed by atoms with van der Waals surface area (Å²) < 4.78 is 45.4. The molecule has 3 aromatic rings. The Bertz CT molecular complexity index is 1070. The molecule has 1 aliphatic heterocycles. The van der Waals surface area contributed by atoms with Crippen LogP contribution in [0, 0.1) is 0 Å². The van der Waals surface area contributed by atoms with Crippen molar-refractivity contribution < 1.29 is 17.9 Å². The number of hydrogen-bond acceptors (Lipinski definition) is 6. The molecule has 0 unspecified atom stereocenters. The van der Waals surface area contributed by atoms with Crippen molar-refractivity contribution in [1.82, 2.24) is 25.1 Å². The average molecular weight is 446 g/mol. The van der Waals surface area contributed by atoms with Gasteiger partial charge in [-0.05, 0) is 43.4 Å². The van der Waals surface area contributed by atoms with Crippen LogP contribution in [0.15, 0.2) is 30.7 Å². The van der Waals surface area contributed by atoms with Gasteiger partial charge in [-0.1, -0.05) is 6.07 Å². The predicted molar refractivity (Wildman–Crippen MR) is 114 cm³/mol. The van der Waals surface area contributed by atoms with Gasteiger partial charge in [0.15, 0.2) is 0 Å². The molecule has 0 radical (unpaired) electrons. The molecule has 5 rings (SSSR count). The van der Waals surface area contributed by atoms with Gasteiger partial charge < -0.3 is 10.1 Å². The summed E-state index contributed by atoms with van der Waals surface area (Å²) in [6.07, 6.45) is 2.44. The van der Waals surface area contributed by atoms with Crippen molar-refractivity contribution in [1.29, 1.82) is 0 Å². The van der Waals surface area contributed by atoms with Crippen LogP contribution in [0.1, 0.15) is 31.4 Å². The van der Waals surface area contributed by atoms with Crippen molar-refractivity contribution in [2.75, 3.05) is 31.6 Å². The molecule has 2 fully saturated rings.